The summed E-state index contributed by atoms with van der Waals surface area (Å²) in [5, 5.41) is 3.33. The first-order valence-corrected chi connectivity index (χ1v) is 13.0. The summed E-state index contributed by atoms with van der Waals surface area (Å²) >= 11 is 0. The number of pyridine rings is 1. The Bertz CT molecular complexity index is 912. The fraction of sp³-hybridized carbons (Fsp3) is 0.692. The molecule has 1 N–H and O–H groups in total. The average Bonchev–Trinajstić information content (AvgIpc) is 3.28. The van der Waals surface area contributed by atoms with Gasteiger partial charge in [-0.05, 0) is 50.8 Å². The molecule has 9 heteroatoms. The maximum absolute atomic E-state index is 13.4. The molecule has 4 aliphatic rings. The Morgan fingerprint density at radius 1 is 1.17 bits per heavy atom. The van der Waals surface area contributed by atoms with Gasteiger partial charge in [0.15, 0.2) is 0 Å². The molecule has 2 atom stereocenters. The second-order valence-electron chi connectivity index (χ2n) is 10.9. The summed E-state index contributed by atoms with van der Waals surface area (Å²) in [6, 6.07) is 4.23. The Labute approximate surface area is 207 Å². The maximum Gasteiger partial charge on any atom is 0.243 e. The standard InChI is InChI=1S/C26H38N6O3/c1-19(33)31-10-5-21(6-11-31)29(2)22-14-23-25(35)28-26(15-24(34)32(23)18-22)7-12-30(13-8-26)17-20-4-3-9-27-16-20/h3-4,9,16,21-23H,5-8,10-15,17-18H2,1-2H3,(H,28,35)/t22-,23-/m0/s1. The van der Waals surface area contributed by atoms with Crippen molar-refractivity contribution in [1.82, 2.24) is 29.9 Å². The molecular weight excluding hydrogens is 444 g/mol. The SMILES string of the molecule is CC(=O)N1CCC(N(C)[C@H]2C[C@H]3C(=O)NC4(CCN(Cc5cccnc5)CC4)CC(=O)N3C2)CC1. The van der Waals surface area contributed by atoms with E-state index in [0.717, 1.165) is 58.4 Å². The molecule has 0 bridgehead atoms. The molecule has 4 saturated heterocycles. The quantitative estimate of drug-likeness (QED) is 0.685. The molecule has 0 aliphatic carbocycles. The molecule has 5 rings (SSSR count). The Morgan fingerprint density at radius 2 is 1.91 bits per heavy atom. The highest BCUT2D eigenvalue weighted by Crippen LogP contribution is 2.34. The van der Waals surface area contributed by atoms with Gasteiger partial charge in [-0.15, -0.1) is 0 Å². The number of carbonyl (C=O) groups excluding carboxylic acids is 3. The fourth-order valence-corrected chi connectivity index (χ4v) is 6.49. The number of rotatable bonds is 4. The third kappa shape index (κ3) is 5.07. The minimum atomic E-state index is -0.426. The molecule has 1 spiro atoms. The zero-order chi connectivity index (χ0) is 24.6. The van der Waals surface area contributed by atoms with E-state index in [-0.39, 0.29) is 29.8 Å². The number of piperidine rings is 2. The number of aromatic nitrogens is 1. The summed E-state index contributed by atoms with van der Waals surface area (Å²) in [6.45, 7) is 6.37. The number of nitrogens with one attached hydrogen (secondary N) is 1. The largest absolute Gasteiger partial charge is 0.348 e. The fourth-order valence-electron chi connectivity index (χ4n) is 6.49. The zero-order valence-electron chi connectivity index (χ0n) is 21.0. The minimum Gasteiger partial charge on any atom is -0.348 e. The van der Waals surface area contributed by atoms with Gasteiger partial charge in [0.2, 0.25) is 17.7 Å². The smallest absolute Gasteiger partial charge is 0.243 e. The monoisotopic (exact) mass is 482 g/mol. The molecule has 0 saturated carbocycles. The van der Waals surface area contributed by atoms with Crippen LogP contribution in [-0.2, 0) is 20.9 Å². The van der Waals surface area contributed by atoms with E-state index < -0.39 is 5.54 Å². The van der Waals surface area contributed by atoms with Crippen molar-refractivity contribution in [2.75, 3.05) is 39.8 Å². The van der Waals surface area contributed by atoms with E-state index in [2.05, 4.69) is 33.2 Å². The third-order valence-electron chi connectivity index (χ3n) is 8.78. The Kier molecular flexibility index (Phi) is 6.81. The number of likely N-dealkylation sites (N-methyl/N-ethyl adjacent to an activating group) is 1. The van der Waals surface area contributed by atoms with Gasteiger partial charge in [0, 0.05) is 70.7 Å². The van der Waals surface area contributed by atoms with E-state index in [1.54, 1.807) is 13.1 Å². The highest BCUT2D eigenvalue weighted by atomic mass is 16.2. The molecule has 4 aliphatic heterocycles. The molecule has 5 heterocycles. The van der Waals surface area contributed by atoms with Crippen LogP contribution in [0.4, 0.5) is 0 Å². The van der Waals surface area contributed by atoms with Gasteiger partial charge in [-0.25, -0.2) is 0 Å². The summed E-state index contributed by atoms with van der Waals surface area (Å²) in [6.07, 6.45) is 8.23. The zero-order valence-corrected chi connectivity index (χ0v) is 21.0. The maximum atomic E-state index is 13.4. The van der Waals surface area contributed by atoms with Gasteiger partial charge in [0.05, 0.1) is 12.0 Å². The number of amides is 3. The number of hydrogen-bond acceptors (Lipinski definition) is 6. The summed E-state index contributed by atoms with van der Waals surface area (Å²) in [5.74, 6) is 0.259. The van der Waals surface area contributed by atoms with E-state index in [4.69, 9.17) is 0 Å². The lowest BCUT2D eigenvalue weighted by molar-refractivity contribution is -0.136. The van der Waals surface area contributed by atoms with E-state index in [1.165, 1.54) is 5.56 Å². The van der Waals surface area contributed by atoms with Crippen molar-refractivity contribution in [2.45, 2.75) is 75.7 Å². The summed E-state index contributed by atoms with van der Waals surface area (Å²) < 4.78 is 0. The van der Waals surface area contributed by atoms with Crippen molar-refractivity contribution >= 4 is 17.7 Å². The van der Waals surface area contributed by atoms with Crippen LogP contribution in [-0.4, -0.2) is 106 Å². The van der Waals surface area contributed by atoms with E-state index in [9.17, 15) is 14.4 Å². The van der Waals surface area contributed by atoms with Crippen LogP contribution in [0.1, 0.15) is 51.0 Å². The lowest BCUT2D eigenvalue weighted by Gasteiger charge is -2.41. The molecule has 9 nitrogen and oxygen atoms in total. The van der Waals surface area contributed by atoms with Crippen LogP contribution in [0.3, 0.4) is 0 Å². The molecule has 3 amide bonds. The van der Waals surface area contributed by atoms with Gasteiger partial charge in [-0.3, -0.25) is 29.2 Å². The molecular formula is C26H38N6O3. The van der Waals surface area contributed by atoms with Crippen LogP contribution in [0, 0.1) is 0 Å². The third-order valence-corrected chi connectivity index (χ3v) is 8.78. The van der Waals surface area contributed by atoms with Gasteiger partial charge >= 0.3 is 0 Å². The van der Waals surface area contributed by atoms with E-state index >= 15 is 0 Å². The molecule has 0 radical (unpaired) electrons. The summed E-state index contributed by atoms with van der Waals surface area (Å²) in [7, 11) is 2.12. The van der Waals surface area contributed by atoms with Gasteiger partial charge in [-0.1, -0.05) is 6.07 Å². The second-order valence-corrected chi connectivity index (χ2v) is 10.9. The van der Waals surface area contributed by atoms with Gasteiger partial charge in [-0.2, -0.15) is 0 Å². The van der Waals surface area contributed by atoms with Crippen LogP contribution in [0.2, 0.25) is 0 Å². The van der Waals surface area contributed by atoms with E-state index in [1.807, 2.05) is 22.1 Å². The lowest BCUT2D eigenvalue weighted by atomic mass is 9.84. The normalized spacial score (nSPS) is 27.7. The van der Waals surface area contributed by atoms with Crippen LogP contribution in [0.15, 0.2) is 24.5 Å². The number of likely N-dealkylation sites (tertiary alicyclic amines) is 2. The minimum absolute atomic E-state index is 0.0128. The highest BCUT2D eigenvalue weighted by molar-refractivity contribution is 5.92. The first-order chi connectivity index (χ1) is 16.8. The number of fused-ring (bicyclic) bond motifs is 1. The second kappa shape index (κ2) is 9.85. The van der Waals surface area contributed by atoms with Gasteiger partial charge in [0.25, 0.3) is 0 Å². The Hall–Kier alpha value is -2.52. The molecule has 190 valence electrons. The highest BCUT2D eigenvalue weighted by Gasteiger charge is 2.49. The van der Waals surface area contributed by atoms with Crippen molar-refractivity contribution in [2.24, 2.45) is 0 Å². The predicted molar refractivity (Wildman–Crippen MR) is 131 cm³/mol. The van der Waals surface area contributed by atoms with Crippen molar-refractivity contribution in [1.29, 1.82) is 0 Å². The van der Waals surface area contributed by atoms with Crippen LogP contribution < -0.4 is 5.32 Å². The average molecular weight is 483 g/mol. The van der Waals surface area contributed by atoms with Crippen molar-refractivity contribution in [3.63, 3.8) is 0 Å². The predicted octanol–water partition coefficient (Wildman–Crippen LogP) is 0.848. The lowest BCUT2D eigenvalue weighted by Crippen LogP contribution is -2.56. The van der Waals surface area contributed by atoms with E-state index in [0.29, 0.717) is 25.4 Å². The topological polar surface area (TPSA) is 89.1 Å². The van der Waals surface area contributed by atoms with Gasteiger partial charge in [0.1, 0.15) is 6.04 Å². The Morgan fingerprint density at radius 3 is 2.57 bits per heavy atom. The number of hydrogen-bond donors (Lipinski definition) is 1. The van der Waals surface area contributed by atoms with Crippen LogP contribution in [0.25, 0.3) is 0 Å². The van der Waals surface area contributed by atoms with Crippen molar-refractivity contribution in [3.8, 4) is 0 Å². The Balaban J connectivity index is 1.18. The molecule has 35 heavy (non-hydrogen) atoms. The van der Waals surface area contributed by atoms with Crippen molar-refractivity contribution in [3.05, 3.63) is 30.1 Å². The van der Waals surface area contributed by atoms with Gasteiger partial charge < -0.3 is 15.1 Å². The number of carbonyl (C=O) groups is 3. The van der Waals surface area contributed by atoms with Crippen LogP contribution >= 0.6 is 0 Å². The van der Waals surface area contributed by atoms with Crippen molar-refractivity contribution < 1.29 is 14.4 Å². The molecule has 0 aromatic carbocycles. The number of nitrogens with zero attached hydrogens (tertiary/aromatic N) is 5. The molecule has 4 fully saturated rings. The van der Waals surface area contributed by atoms with Crippen LogP contribution in [0.5, 0.6) is 0 Å². The first kappa shape index (κ1) is 24.2. The first-order valence-electron chi connectivity index (χ1n) is 13.0. The molecule has 0 unspecified atom stereocenters. The summed E-state index contributed by atoms with van der Waals surface area (Å²) in [5.41, 5.74) is 0.761. The molecule has 1 aromatic rings. The summed E-state index contributed by atoms with van der Waals surface area (Å²) in [4.78, 5) is 51.1. The molecule has 1 aromatic heterocycles.